The molecule has 19 heavy (non-hydrogen) atoms. The number of hydrogen-bond acceptors (Lipinski definition) is 4. The summed E-state index contributed by atoms with van der Waals surface area (Å²) in [6, 6.07) is 3.02. The van der Waals surface area contributed by atoms with Crippen LogP contribution in [0.25, 0.3) is 0 Å². The van der Waals surface area contributed by atoms with Gasteiger partial charge in [-0.1, -0.05) is 0 Å². The summed E-state index contributed by atoms with van der Waals surface area (Å²) < 4.78 is 31.2. The topological polar surface area (TPSA) is 69.8 Å². The maximum atomic E-state index is 13.0. The lowest BCUT2D eigenvalue weighted by atomic mass is 9.79. The maximum Gasteiger partial charge on any atom is 0.272 e. The van der Waals surface area contributed by atoms with E-state index in [1.807, 2.05) is 0 Å². The number of alkyl halides is 2. The molecule has 0 amide bonds. The van der Waals surface area contributed by atoms with Crippen LogP contribution in [0, 0.1) is 10.8 Å². The van der Waals surface area contributed by atoms with Crippen LogP contribution in [0.3, 0.4) is 0 Å². The molecular weight excluding hydrogens is 252 g/mol. The van der Waals surface area contributed by atoms with E-state index in [1.54, 1.807) is 6.07 Å². The Morgan fingerprint density at radius 3 is 2.63 bits per heavy atom. The van der Waals surface area contributed by atoms with E-state index in [0.717, 1.165) is 18.8 Å². The summed E-state index contributed by atoms with van der Waals surface area (Å²) in [4.78, 5) is 4.07. The number of hydrogen-bond donors (Lipinski definition) is 2. The molecule has 2 N–H and O–H groups in total. The molecule has 1 heterocycles. The van der Waals surface area contributed by atoms with Crippen LogP contribution in [-0.4, -0.2) is 23.2 Å². The molecule has 1 saturated carbocycles. The van der Waals surface area contributed by atoms with E-state index >= 15 is 0 Å². The van der Waals surface area contributed by atoms with Gasteiger partial charge in [0.1, 0.15) is 6.10 Å². The van der Waals surface area contributed by atoms with Crippen molar-refractivity contribution in [3.8, 4) is 0 Å². The minimum absolute atomic E-state index is 0.0757. The van der Waals surface area contributed by atoms with Crippen molar-refractivity contribution in [2.45, 2.75) is 37.7 Å². The molecule has 1 fully saturated rings. The zero-order chi connectivity index (χ0) is 14.0. The van der Waals surface area contributed by atoms with E-state index < -0.39 is 5.92 Å². The Kier molecular flexibility index (Phi) is 3.59. The molecule has 0 aromatic carbocycles. The first-order valence-electron chi connectivity index (χ1n) is 6.00. The molecule has 0 spiro atoms. The minimum atomic E-state index is -2.87. The molecule has 1 aliphatic rings. The molecule has 0 unspecified atom stereocenters. The molecule has 1 aliphatic carbocycles. The predicted octanol–water partition coefficient (Wildman–Crippen LogP) is 3.08. The van der Waals surface area contributed by atoms with E-state index in [-0.39, 0.29) is 23.5 Å². The molecule has 0 radical (unpaired) electrons. The molecule has 0 saturated heterocycles. The van der Waals surface area contributed by atoms with Gasteiger partial charge in [0.05, 0.1) is 6.21 Å². The Morgan fingerprint density at radius 1 is 1.47 bits per heavy atom. The van der Waals surface area contributed by atoms with Crippen molar-refractivity contribution in [2.24, 2.45) is 0 Å². The SMILES string of the molecule is CC(F)(F)c1ccc([C@H]2C[C@@H](OC(=N)C=N)C2)nc1. The molecule has 6 heteroatoms. The Balaban J connectivity index is 1.92. The number of aromatic nitrogens is 1. The van der Waals surface area contributed by atoms with Crippen LogP contribution in [-0.2, 0) is 10.7 Å². The molecule has 0 bridgehead atoms. The summed E-state index contributed by atoms with van der Waals surface area (Å²) >= 11 is 0. The van der Waals surface area contributed by atoms with Gasteiger partial charge in [-0.15, -0.1) is 0 Å². The summed E-state index contributed by atoms with van der Waals surface area (Å²) in [5.74, 6) is -2.84. The number of nitrogens with one attached hydrogen (secondary N) is 2. The van der Waals surface area contributed by atoms with Gasteiger partial charge in [-0.25, -0.2) is 8.78 Å². The van der Waals surface area contributed by atoms with Gasteiger partial charge >= 0.3 is 0 Å². The Morgan fingerprint density at radius 2 is 2.16 bits per heavy atom. The number of halogens is 2. The zero-order valence-corrected chi connectivity index (χ0v) is 10.5. The van der Waals surface area contributed by atoms with E-state index in [0.29, 0.717) is 12.8 Å². The van der Waals surface area contributed by atoms with Crippen molar-refractivity contribution in [3.05, 3.63) is 29.6 Å². The highest BCUT2D eigenvalue weighted by molar-refractivity contribution is 6.23. The van der Waals surface area contributed by atoms with Gasteiger partial charge in [-0.3, -0.25) is 10.4 Å². The summed E-state index contributed by atoms with van der Waals surface area (Å²) in [5, 5.41) is 14.0. The number of nitrogens with zero attached hydrogens (tertiary/aromatic N) is 1. The van der Waals surface area contributed by atoms with E-state index in [1.165, 1.54) is 12.3 Å². The van der Waals surface area contributed by atoms with Crippen molar-refractivity contribution in [1.29, 1.82) is 10.8 Å². The van der Waals surface area contributed by atoms with Gasteiger partial charge in [0.25, 0.3) is 5.92 Å². The Hall–Kier alpha value is -1.85. The van der Waals surface area contributed by atoms with Gasteiger partial charge in [-0.05, 0) is 25.0 Å². The normalized spacial score (nSPS) is 22.5. The molecule has 4 nitrogen and oxygen atoms in total. The van der Waals surface area contributed by atoms with Crippen molar-refractivity contribution in [3.63, 3.8) is 0 Å². The minimum Gasteiger partial charge on any atom is -0.474 e. The molecule has 1 aromatic rings. The third kappa shape index (κ3) is 3.13. The van der Waals surface area contributed by atoms with Crippen LogP contribution in [0.15, 0.2) is 18.3 Å². The van der Waals surface area contributed by atoms with Crippen LogP contribution >= 0.6 is 0 Å². The fourth-order valence-electron chi connectivity index (χ4n) is 2.02. The lowest BCUT2D eigenvalue weighted by molar-refractivity contribution is 0.0170. The molecule has 0 aliphatic heterocycles. The molecule has 102 valence electrons. The summed E-state index contributed by atoms with van der Waals surface area (Å²) in [5.41, 5.74) is 0.684. The highest BCUT2D eigenvalue weighted by Gasteiger charge is 2.34. The van der Waals surface area contributed by atoms with Crippen molar-refractivity contribution in [1.82, 2.24) is 4.98 Å². The van der Waals surface area contributed by atoms with Crippen molar-refractivity contribution in [2.75, 3.05) is 0 Å². The van der Waals surface area contributed by atoms with Crippen molar-refractivity contribution < 1.29 is 13.5 Å². The lowest BCUT2D eigenvalue weighted by Crippen LogP contribution is -2.32. The van der Waals surface area contributed by atoms with E-state index in [2.05, 4.69) is 4.98 Å². The molecule has 2 rings (SSSR count). The lowest BCUT2D eigenvalue weighted by Gasteiger charge is -2.34. The zero-order valence-electron chi connectivity index (χ0n) is 10.5. The van der Waals surface area contributed by atoms with Gasteiger partial charge in [0, 0.05) is 30.3 Å². The quantitative estimate of drug-likeness (QED) is 0.650. The van der Waals surface area contributed by atoms with E-state index in [4.69, 9.17) is 15.6 Å². The second kappa shape index (κ2) is 5.03. The van der Waals surface area contributed by atoms with Crippen molar-refractivity contribution >= 4 is 12.1 Å². The van der Waals surface area contributed by atoms with Gasteiger partial charge in [-0.2, -0.15) is 0 Å². The molecule has 0 atom stereocenters. The molecule has 1 aromatic heterocycles. The van der Waals surface area contributed by atoms with Crippen LogP contribution in [0.1, 0.15) is 36.9 Å². The average Bonchev–Trinajstić information content (AvgIpc) is 2.32. The second-order valence-corrected chi connectivity index (χ2v) is 4.78. The monoisotopic (exact) mass is 267 g/mol. The predicted molar refractivity (Wildman–Crippen MR) is 67.2 cm³/mol. The molecular formula is C13H15F2N3O. The number of ether oxygens (including phenoxy) is 1. The highest BCUT2D eigenvalue weighted by Crippen LogP contribution is 2.38. The Bertz CT molecular complexity index is 476. The van der Waals surface area contributed by atoms with Crippen LogP contribution in [0.2, 0.25) is 0 Å². The standard InChI is InChI=1S/C13H15F2N3O/c1-13(14,15)9-2-3-11(18-7-9)8-4-10(5-8)19-12(17)6-16/h2-3,6-8,10,16-17H,4-5H2,1H3/t8-,10+. The fourth-order valence-corrected chi connectivity index (χ4v) is 2.02. The first-order chi connectivity index (χ1) is 8.90. The number of pyridine rings is 1. The first kappa shape index (κ1) is 13.6. The number of rotatable bonds is 4. The maximum absolute atomic E-state index is 13.0. The highest BCUT2D eigenvalue weighted by atomic mass is 19.3. The summed E-state index contributed by atoms with van der Waals surface area (Å²) in [6.07, 6.45) is 3.39. The van der Waals surface area contributed by atoms with Crippen LogP contribution in [0.5, 0.6) is 0 Å². The summed E-state index contributed by atoms with van der Waals surface area (Å²) in [7, 11) is 0. The third-order valence-corrected chi connectivity index (χ3v) is 3.23. The first-order valence-corrected chi connectivity index (χ1v) is 6.00. The summed E-state index contributed by atoms with van der Waals surface area (Å²) in [6.45, 7) is 0.847. The van der Waals surface area contributed by atoms with Crippen LogP contribution < -0.4 is 0 Å². The Labute approximate surface area is 109 Å². The third-order valence-electron chi connectivity index (χ3n) is 3.23. The smallest absolute Gasteiger partial charge is 0.272 e. The second-order valence-electron chi connectivity index (χ2n) is 4.78. The van der Waals surface area contributed by atoms with Gasteiger partial charge < -0.3 is 10.1 Å². The largest absolute Gasteiger partial charge is 0.474 e. The van der Waals surface area contributed by atoms with E-state index in [9.17, 15) is 8.78 Å². The van der Waals surface area contributed by atoms with Crippen LogP contribution in [0.4, 0.5) is 8.78 Å². The van der Waals surface area contributed by atoms with Gasteiger partial charge in [0.2, 0.25) is 5.90 Å². The average molecular weight is 267 g/mol. The fraction of sp³-hybridized carbons (Fsp3) is 0.462. The van der Waals surface area contributed by atoms with Gasteiger partial charge in [0.15, 0.2) is 0 Å².